The molecule has 0 aliphatic rings. The van der Waals surface area contributed by atoms with Gasteiger partial charge in [0.2, 0.25) is 5.78 Å². The molecular weight excluding hydrogens is 416 g/mol. The summed E-state index contributed by atoms with van der Waals surface area (Å²) in [7, 11) is -3.89. The lowest BCUT2D eigenvalue weighted by Gasteiger charge is -2.11. The number of rotatable bonds is 6. The molecule has 0 amide bonds. The summed E-state index contributed by atoms with van der Waals surface area (Å²) in [6.45, 7) is 5.76. The average molecular weight is 439 g/mol. The highest BCUT2D eigenvalue weighted by Gasteiger charge is 2.27. The van der Waals surface area contributed by atoms with Crippen molar-refractivity contribution in [3.63, 3.8) is 0 Å². The van der Waals surface area contributed by atoms with Gasteiger partial charge in [0.1, 0.15) is 4.91 Å². The first-order valence-electron chi connectivity index (χ1n) is 9.53. The number of carbonyl (C=O) groups excluding carboxylic acids is 1. The maximum absolute atomic E-state index is 13.4. The molecule has 0 aliphatic carbocycles. The second kappa shape index (κ2) is 8.99. The van der Waals surface area contributed by atoms with Crippen LogP contribution in [0.2, 0.25) is 5.02 Å². The number of halogens is 1. The van der Waals surface area contributed by atoms with E-state index >= 15 is 0 Å². The number of aryl methyl sites for hydroxylation is 3. The zero-order valence-electron chi connectivity index (χ0n) is 17.1. The van der Waals surface area contributed by atoms with Crippen LogP contribution < -0.4 is 0 Å². The second-order valence-electron chi connectivity index (χ2n) is 7.45. The molecule has 0 aromatic heterocycles. The smallest absolute Gasteiger partial charge is 0.204 e. The van der Waals surface area contributed by atoms with Gasteiger partial charge in [-0.25, -0.2) is 8.42 Å². The molecule has 0 spiro atoms. The van der Waals surface area contributed by atoms with Gasteiger partial charge in [0.15, 0.2) is 9.84 Å². The number of carbonyl (C=O) groups is 1. The first kappa shape index (κ1) is 22.0. The van der Waals surface area contributed by atoms with E-state index in [2.05, 4.69) is 0 Å². The Labute approximate surface area is 183 Å². The van der Waals surface area contributed by atoms with Crippen molar-refractivity contribution in [2.75, 3.05) is 0 Å². The van der Waals surface area contributed by atoms with Crippen molar-refractivity contribution in [1.82, 2.24) is 0 Å². The van der Waals surface area contributed by atoms with E-state index in [1.807, 2.05) is 51.1 Å². The molecule has 30 heavy (non-hydrogen) atoms. The molecule has 3 nitrogen and oxygen atoms in total. The van der Waals surface area contributed by atoms with Crippen LogP contribution in [0.3, 0.4) is 0 Å². The van der Waals surface area contributed by atoms with Crippen LogP contribution in [0.15, 0.2) is 71.6 Å². The summed E-state index contributed by atoms with van der Waals surface area (Å²) in [5.74, 6) is -0.789. The van der Waals surface area contributed by atoms with Gasteiger partial charge in [-0.1, -0.05) is 65.2 Å². The Balaban J connectivity index is 2.11. The van der Waals surface area contributed by atoms with E-state index in [0.29, 0.717) is 16.1 Å². The van der Waals surface area contributed by atoms with Crippen LogP contribution in [-0.4, -0.2) is 14.2 Å². The standard InChI is InChI=1S/C25H23ClO3S/c1-17-5-8-20(9-6-17)16-30(28,29)24(15-22-14-18(2)4-7-19(22)3)25(27)21-10-12-23(26)13-11-21/h4-15H,16H2,1-3H3. The van der Waals surface area contributed by atoms with Crippen LogP contribution in [0.5, 0.6) is 0 Å². The molecule has 0 bridgehead atoms. The lowest BCUT2D eigenvalue weighted by molar-refractivity contribution is 0.104. The van der Waals surface area contributed by atoms with Gasteiger partial charge >= 0.3 is 0 Å². The number of sulfone groups is 1. The van der Waals surface area contributed by atoms with Crippen molar-refractivity contribution < 1.29 is 13.2 Å². The highest BCUT2D eigenvalue weighted by molar-refractivity contribution is 7.95. The molecule has 0 saturated carbocycles. The Bertz CT molecular complexity index is 1210. The summed E-state index contributed by atoms with van der Waals surface area (Å²) in [6, 6.07) is 19.3. The fraction of sp³-hybridized carbons (Fsp3) is 0.160. The average Bonchev–Trinajstić information content (AvgIpc) is 2.70. The second-order valence-corrected chi connectivity index (χ2v) is 9.84. The van der Waals surface area contributed by atoms with Gasteiger partial charge in [0.25, 0.3) is 0 Å². The van der Waals surface area contributed by atoms with Crippen LogP contribution in [-0.2, 0) is 15.6 Å². The fourth-order valence-electron chi connectivity index (χ4n) is 3.08. The van der Waals surface area contributed by atoms with E-state index in [9.17, 15) is 13.2 Å². The number of benzene rings is 3. The van der Waals surface area contributed by atoms with Gasteiger partial charge < -0.3 is 0 Å². The maximum atomic E-state index is 13.4. The third-order valence-corrected chi connectivity index (χ3v) is 6.80. The van der Waals surface area contributed by atoms with Gasteiger partial charge in [-0.2, -0.15) is 0 Å². The predicted octanol–water partition coefficient (Wildman–Crippen LogP) is 6.10. The van der Waals surface area contributed by atoms with E-state index in [1.54, 1.807) is 36.4 Å². The molecule has 0 unspecified atom stereocenters. The molecule has 0 saturated heterocycles. The van der Waals surface area contributed by atoms with Gasteiger partial charge in [-0.15, -0.1) is 0 Å². The van der Waals surface area contributed by atoms with Crippen molar-refractivity contribution in [1.29, 1.82) is 0 Å². The zero-order valence-corrected chi connectivity index (χ0v) is 18.7. The van der Waals surface area contributed by atoms with E-state index in [-0.39, 0.29) is 16.2 Å². The molecule has 3 aromatic carbocycles. The van der Waals surface area contributed by atoms with Gasteiger partial charge in [-0.05, 0) is 67.8 Å². The SMILES string of the molecule is Cc1ccc(CS(=O)(=O)C(=Cc2cc(C)ccc2C)C(=O)c2ccc(Cl)cc2)cc1. The molecule has 0 radical (unpaired) electrons. The normalized spacial score (nSPS) is 12.1. The fourth-order valence-corrected chi connectivity index (χ4v) is 4.70. The molecule has 0 aliphatic heterocycles. The third kappa shape index (κ3) is 5.26. The molecular formula is C25H23ClO3S. The monoisotopic (exact) mass is 438 g/mol. The Morgan fingerprint density at radius 2 is 1.47 bits per heavy atom. The highest BCUT2D eigenvalue weighted by atomic mass is 35.5. The largest absolute Gasteiger partial charge is 0.288 e. The molecule has 0 heterocycles. The van der Waals surface area contributed by atoms with Gasteiger partial charge in [0.05, 0.1) is 5.75 Å². The molecule has 0 fully saturated rings. The quantitative estimate of drug-likeness (QED) is 0.345. The Morgan fingerprint density at radius 1 is 0.867 bits per heavy atom. The van der Waals surface area contributed by atoms with E-state index in [1.165, 1.54) is 6.08 Å². The molecule has 3 rings (SSSR count). The van der Waals surface area contributed by atoms with Gasteiger partial charge in [0, 0.05) is 10.6 Å². The Morgan fingerprint density at radius 3 is 2.10 bits per heavy atom. The van der Waals surface area contributed by atoms with Crippen molar-refractivity contribution in [2.24, 2.45) is 0 Å². The van der Waals surface area contributed by atoms with Crippen LogP contribution in [0.4, 0.5) is 0 Å². The lowest BCUT2D eigenvalue weighted by Crippen LogP contribution is -2.16. The summed E-state index contributed by atoms with van der Waals surface area (Å²) < 4.78 is 26.7. The number of allylic oxidation sites excluding steroid dienone is 1. The first-order valence-corrected chi connectivity index (χ1v) is 11.6. The summed E-state index contributed by atoms with van der Waals surface area (Å²) in [5, 5.41) is 0.481. The van der Waals surface area contributed by atoms with Crippen LogP contribution in [0.1, 0.15) is 38.2 Å². The first-order chi connectivity index (χ1) is 14.2. The van der Waals surface area contributed by atoms with Crippen LogP contribution in [0.25, 0.3) is 6.08 Å². The minimum Gasteiger partial charge on any atom is -0.288 e. The van der Waals surface area contributed by atoms with Crippen molar-refractivity contribution >= 4 is 33.3 Å². The topological polar surface area (TPSA) is 51.2 Å². The molecule has 0 atom stereocenters. The molecule has 154 valence electrons. The molecule has 3 aromatic rings. The number of hydrogen-bond acceptors (Lipinski definition) is 3. The summed E-state index contributed by atoms with van der Waals surface area (Å²) >= 11 is 5.93. The Kier molecular flexibility index (Phi) is 6.59. The van der Waals surface area contributed by atoms with Crippen LogP contribution in [0, 0.1) is 20.8 Å². The Hall–Kier alpha value is -2.69. The summed E-state index contributed by atoms with van der Waals surface area (Å²) in [5.41, 5.74) is 4.55. The van der Waals surface area contributed by atoms with E-state index in [4.69, 9.17) is 11.6 Å². The van der Waals surface area contributed by atoms with Crippen molar-refractivity contribution in [2.45, 2.75) is 26.5 Å². The number of ketones is 1. The predicted molar refractivity (Wildman–Crippen MR) is 123 cm³/mol. The van der Waals surface area contributed by atoms with E-state index < -0.39 is 15.6 Å². The van der Waals surface area contributed by atoms with E-state index in [0.717, 1.165) is 16.7 Å². The highest BCUT2D eigenvalue weighted by Crippen LogP contribution is 2.25. The van der Waals surface area contributed by atoms with Crippen molar-refractivity contribution in [3.05, 3.63) is 110 Å². The minimum atomic E-state index is -3.89. The lowest BCUT2D eigenvalue weighted by atomic mass is 10.0. The third-order valence-electron chi connectivity index (χ3n) is 4.86. The molecule has 0 N–H and O–H groups in total. The van der Waals surface area contributed by atoms with Gasteiger partial charge in [-0.3, -0.25) is 4.79 Å². The summed E-state index contributed by atoms with van der Waals surface area (Å²) in [6.07, 6.45) is 1.49. The number of hydrogen-bond donors (Lipinski definition) is 0. The molecule has 5 heteroatoms. The maximum Gasteiger partial charge on any atom is 0.204 e. The van der Waals surface area contributed by atoms with Crippen molar-refractivity contribution in [3.8, 4) is 0 Å². The minimum absolute atomic E-state index is 0.223. The number of Topliss-reactive ketones (excluding diaryl/α,β-unsaturated/α-hetero) is 1. The summed E-state index contributed by atoms with van der Waals surface area (Å²) in [4.78, 5) is 13.0. The van der Waals surface area contributed by atoms with Crippen LogP contribution >= 0.6 is 11.6 Å². The zero-order chi connectivity index (χ0) is 21.9.